The van der Waals surface area contributed by atoms with Gasteiger partial charge in [0.2, 0.25) is 0 Å². The fraction of sp³-hybridized carbons (Fsp3) is 0.533. The lowest BCUT2D eigenvalue weighted by atomic mass is 10.2. The van der Waals surface area contributed by atoms with Crippen LogP contribution in [-0.4, -0.2) is 43.2 Å². The average molecular weight is 294 g/mol. The van der Waals surface area contributed by atoms with Crippen molar-refractivity contribution in [2.45, 2.75) is 20.3 Å². The minimum atomic E-state index is -0.322. The zero-order valence-corrected chi connectivity index (χ0v) is 12.5. The van der Waals surface area contributed by atoms with Crippen LogP contribution < -0.4 is 5.32 Å². The number of nitrogens with zero attached hydrogens (tertiary/aromatic N) is 1. The van der Waals surface area contributed by atoms with Gasteiger partial charge in [-0.25, -0.2) is 0 Å². The van der Waals surface area contributed by atoms with E-state index in [0.717, 1.165) is 0 Å². The normalized spacial score (nSPS) is 10.4. The molecule has 1 aromatic heterocycles. The van der Waals surface area contributed by atoms with Crippen LogP contribution in [0.1, 0.15) is 30.6 Å². The zero-order chi connectivity index (χ0) is 15.5. The molecule has 21 heavy (non-hydrogen) atoms. The molecule has 0 saturated carbocycles. The predicted octanol–water partition coefficient (Wildman–Crippen LogP) is 1.42. The Morgan fingerprint density at radius 3 is 2.62 bits per heavy atom. The largest absolute Gasteiger partial charge is 0.464 e. The molecule has 0 atom stereocenters. The number of pyridine rings is 1. The summed E-state index contributed by atoms with van der Waals surface area (Å²) >= 11 is 0. The summed E-state index contributed by atoms with van der Waals surface area (Å²) in [6.07, 6.45) is 3.32. The maximum absolute atomic E-state index is 11.7. The summed E-state index contributed by atoms with van der Waals surface area (Å²) in [6, 6.07) is 3.24. The fourth-order valence-electron chi connectivity index (χ4n) is 1.48. The molecule has 1 heterocycles. The molecule has 0 spiro atoms. The maximum Gasteiger partial charge on any atom is 0.308 e. The number of aromatic nitrogens is 1. The van der Waals surface area contributed by atoms with E-state index in [4.69, 9.17) is 9.47 Å². The molecule has 0 aliphatic carbocycles. The second kappa shape index (κ2) is 9.88. The van der Waals surface area contributed by atoms with Crippen molar-refractivity contribution < 1.29 is 19.1 Å². The molecule has 116 valence electrons. The summed E-state index contributed by atoms with van der Waals surface area (Å²) in [4.78, 5) is 26.9. The van der Waals surface area contributed by atoms with Crippen LogP contribution >= 0.6 is 0 Å². The van der Waals surface area contributed by atoms with Gasteiger partial charge in [0.15, 0.2) is 0 Å². The number of nitrogens with one attached hydrogen (secondary N) is 1. The highest BCUT2D eigenvalue weighted by molar-refractivity contribution is 5.93. The van der Waals surface area contributed by atoms with E-state index in [9.17, 15) is 9.59 Å². The van der Waals surface area contributed by atoms with Crippen molar-refractivity contribution in [3.63, 3.8) is 0 Å². The molecule has 0 unspecified atom stereocenters. The molecule has 1 aromatic rings. The summed E-state index contributed by atoms with van der Waals surface area (Å²) in [7, 11) is 0. The third kappa shape index (κ3) is 8.04. The molecule has 0 aliphatic heterocycles. The molecular weight excluding hydrogens is 272 g/mol. The van der Waals surface area contributed by atoms with Crippen LogP contribution in [-0.2, 0) is 14.3 Å². The Balaban J connectivity index is 2.06. The van der Waals surface area contributed by atoms with Crippen LogP contribution in [0.5, 0.6) is 0 Å². The lowest BCUT2D eigenvalue weighted by Crippen LogP contribution is -2.28. The second-order valence-electron chi connectivity index (χ2n) is 4.93. The van der Waals surface area contributed by atoms with Crippen LogP contribution in [0.2, 0.25) is 0 Å². The zero-order valence-electron chi connectivity index (χ0n) is 12.5. The minimum absolute atomic E-state index is 0.153. The third-order valence-electron chi connectivity index (χ3n) is 2.49. The highest BCUT2D eigenvalue weighted by Crippen LogP contribution is 1.96. The van der Waals surface area contributed by atoms with E-state index in [2.05, 4.69) is 10.3 Å². The van der Waals surface area contributed by atoms with E-state index in [1.54, 1.807) is 24.5 Å². The van der Waals surface area contributed by atoms with Gasteiger partial charge < -0.3 is 14.8 Å². The molecule has 0 fully saturated rings. The lowest BCUT2D eigenvalue weighted by molar-refractivity contribution is -0.144. The van der Waals surface area contributed by atoms with Crippen LogP contribution in [0.15, 0.2) is 24.5 Å². The molecule has 0 radical (unpaired) electrons. The number of amides is 1. The average Bonchev–Trinajstić information content (AvgIpc) is 2.48. The number of carbonyl (C=O) groups is 2. The number of hydrogen-bond donors (Lipinski definition) is 1. The Bertz CT molecular complexity index is 435. The maximum atomic E-state index is 11.7. The molecule has 6 nitrogen and oxygen atoms in total. The standard InChI is InChI=1S/C15H22N2O4/c1-12(2)11-20-9-5-14(18)21-10-8-17-15(19)13-3-6-16-7-4-13/h3-4,6-7,12H,5,8-11H2,1-2H3,(H,17,19). The van der Waals surface area contributed by atoms with Crippen molar-refractivity contribution in [2.75, 3.05) is 26.4 Å². The van der Waals surface area contributed by atoms with Gasteiger partial charge in [-0.3, -0.25) is 14.6 Å². The number of hydrogen-bond acceptors (Lipinski definition) is 5. The number of carbonyl (C=O) groups excluding carboxylic acids is 2. The Morgan fingerprint density at radius 2 is 1.95 bits per heavy atom. The van der Waals surface area contributed by atoms with Crippen LogP contribution in [0.3, 0.4) is 0 Å². The highest BCUT2D eigenvalue weighted by atomic mass is 16.5. The van der Waals surface area contributed by atoms with Crippen molar-refractivity contribution in [1.82, 2.24) is 10.3 Å². The van der Waals surface area contributed by atoms with E-state index in [1.165, 1.54) is 0 Å². The number of rotatable bonds is 9. The van der Waals surface area contributed by atoms with E-state index >= 15 is 0 Å². The van der Waals surface area contributed by atoms with Gasteiger partial charge in [0.25, 0.3) is 5.91 Å². The highest BCUT2D eigenvalue weighted by Gasteiger charge is 2.06. The van der Waals surface area contributed by atoms with E-state index in [-0.39, 0.29) is 31.4 Å². The number of esters is 1. The van der Waals surface area contributed by atoms with E-state index in [0.29, 0.717) is 24.7 Å². The first-order valence-electron chi connectivity index (χ1n) is 7.01. The molecule has 1 rings (SSSR count). The Kier molecular flexibility index (Phi) is 8.04. The SMILES string of the molecule is CC(C)COCCC(=O)OCCNC(=O)c1ccncc1. The second-order valence-corrected chi connectivity index (χ2v) is 4.93. The molecule has 1 N–H and O–H groups in total. The Hall–Kier alpha value is -1.95. The molecule has 6 heteroatoms. The first-order valence-corrected chi connectivity index (χ1v) is 7.01. The van der Waals surface area contributed by atoms with Crippen molar-refractivity contribution in [1.29, 1.82) is 0 Å². The van der Waals surface area contributed by atoms with Crippen molar-refractivity contribution in [3.05, 3.63) is 30.1 Å². The quantitative estimate of drug-likeness (QED) is 0.550. The summed E-state index contributed by atoms with van der Waals surface area (Å²) < 4.78 is 10.3. The first-order chi connectivity index (χ1) is 10.1. The fourth-order valence-corrected chi connectivity index (χ4v) is 1.48. The Morgan fingerprint density at radius 1 is 1.24 bits per heavy atom. The lowest BCUT2D eigenvalue weighted by Gasteiger charge is -2.08. The first kappa shape index (κ1) is 17.1. The van der Waals surface area contributed by atoms with Crippen molar-refractivity contribution in [3.8, 4) is 0 Å². The van der Waals surface area contributed by atoms with Gasteiger partial charge in [0.1, 0.15) is 6.61 Å². The van der Waals surface area contributed by atoms with Crippen LogP contribution in [0.25, 0.3) is 0 Å². The molecule has 0 bridgehead atoms. The Labute approximate surface area is 124 Å². The van der Waals surface area contributed by atoms with E-state index in [1.807, 2.05) is 13.8 Å². The monoisotopic (exact) mass is 294 g/mol. The van der Waals surface area contributed by atoms with Gasteiger partial charge in [0.05, 0.1) is 19.6 Å². The van der Waals surface area contributed by atoms with Crippen molar-refractivity contribution in [2.24, 2.45) is 5.92 Å². The summed E-state index contributed by atoms with van der Waals surface area (Å²) in [5.41, 5.74) is 0.526. The summed E-state index contributed by atoms with van der Waals surface area (Å²) in [6.45, 7) is 5.52. The smallest absolute Gasteiger partial charge is 0.308 e. The van der Waals surface area contributed by atoms with E-state index < -0.39 is 0 Å². The van der Waals surface area contributed by atoms with Crippen LogP contribution in [0, 0.1) is 5.92 Å². The number of ether oxygens (including phenoxy) is 2. The molecular formula is C15H22N2O4. The summed E-state index contributed by atoms with van der Waals surface area (Å²) in [5.74, 6) is -0.0879. The minimum Gasteiger partial charge on any atom is -0.464 e. The van der Waals surface area contributed by atoms with Crippen molar-refractivity contribution >= 4 is 11.9 Å². The van der Waals surface area contributed by atoms with Gasteiger partial charge in [-0.1, -0.05) is 13.8 Å². The van der Waals surface area contributed by atoms with Gasteiger partial charge in [-0.2, -0.15) is 0 Å². The molecule has 0 aliphatic rings. The third-order valence-corrected chi connectivity index (χ3v) is 2.49. The predicted molar refractivity (Wildman–Crippen MR) is 77.8 cm³/mol. The topological polar surface area (TPSA) is 77.5 Å². The van der Waals surface area contributed by atoms with Gasteiger partial charge >= 0.3 is 5.97 Å². The summed E-state index contributed by atoms with van der Waals surface area (Å²) in [5, 5.41) is 2.66. The molecule has 0 aromatic carbocycles. The molecule has 0 saturated heterocycles. The van der Waals surface area contributed by atoms with Crippen LogP contribution in [0.4, 0.5) is 0 Å². The van der Waals surface area contributed by atoms with Gasteiger partial charge in [-0.15, -0.1) is 0 Å². The van der Waals surface area contributed by atoms with Gasteiger partial charge in [-0.05, 0) is 18.1 Å². The molecule has 1 amide bonds. The van der Waals surface area contributed by atoms with Gasteiger partial charge in [0, 0.05) is 24.6 Å².